The third-order valence-electron chi connectivity index (χ3n) is 1.54. The molecule has 0 fully saturated rings. The Bertz CT molecular complexity index is 272. The Labute approximate surface area is 84.4 Å². The Morgan fingerprint density at radius 2 is 1.92 bits per heavy atom. The van der Waals surface area contributed by atoms with Gasteiger partial charge in [-0.1, -0.05) is 55.5 Å². The minimum absolute atomic E-state index is 1.13. The minimum atomic E-state index is 1.13. The summed E-state index contributed by atoms with van der Waals surface area (Å²) in [4.78, 5) is 0. The van der Waals surface area contributed by atoms with Crippen LogP contribution in [0.1, 0.15) is 12.5 Å². The van der Waals surface area contributed by atoms with Crippen LogP contribution in [-0.2, 0) is 0 Å². The van der Waals surface area contributed by atoms with E-state index in [-0.39, 0.29) is 0 Å². The van der Waals surface area contributed by atoms with Crippen molar-refractivity contribution in [1.29, 1.82) is 0 Å². The lowest BCUT2D eigenvalue weighted by atomic mass is 10.2. The molecule has 0 spiro atoms. The van der Waals surface area contributed by atoms with E-state index in [9.17, 15) is 0 Å². The van der Waals surface area contributed by atoms with E-state index in [1.165, 1.54) is 5.56 Å². The van der Waals surface area contributed by atoms with Gasteiger partial charge in [-0.25, -0.2) is 0 Å². The summed E-state index contributed by atoms with van der Waals surface area (Å²) in [5, 5.41) is 2.11. The van der Waals surface area contributed by atoms with Crippen molar-refractivity contribution in [2.75, 3.05) is 5.75 Å². The van der Waals surface area contributed by atoms with Crippen LogP contribution in [-0.4, -0.2) is 5.75 Å². The molecule has 0 nitrogen and oxygen atoms in total. The van der Waals surface area contributed by atoms with Crippen LogP contribution >= 0.6 is 11.8 Å². The Balaban J connectivity index is 2.41. The third-order valence-corrected chi connectivity index (χ3v) is 2.22. The Morgan fingerprint density at radius 3 is 2.62 bits per heavy atom. The van der Waals surface area contributed by atoms with Crippen LogP contribution in [0.25, 0.3) is 6.08 Å². The van der Waals surface area contributed by atoms with Crippen molar-refractivity contribution in [1.82, 2.24) is 0 Å². The first-order valence-electron chi connectivity index (χ1n) is 4.43. The lowest BCUT2D eigenvalue weighted by Gasteiger charge is -1.88. The molecule has 0 aliphatic rings. The summed E-state index contributed by atoms with van der Waals surface area (Å²) >= 11 is 1.81. The van der Waals surface area contributed by atoms with Gasteiger partial charge in [0.25, 0.3) is 0 Å². The SMILES string of the molecule is CCS/C=C\C=C/c1ccccc1. The van der Waals surface area contributed by atoms with Crippen LogP contribution in [0.15, 0.2) is 47.9 Å². The molecule has 0 aliphatic carbocycles. The molecule has 1 heteroatoms. The van der Waals surface area contributed by atoms with E-state index in [4.69, 9.17) is 0 Å². The minimum Gasteiger partial charge on any atom is -0.134 e. The average Bonchev–Trinajstić information content (AvgIpc) is 2.19. The zero-order valence-electron chi connectivity index (χ0n) is 7.81. The first-order valence-corrected chi connectivity index (χ1v) is 5.48. The van der Waals surface area contributed by atoms with Gasteiger partial charge in [0.1, 0.15) is 0 Å². The molecule has 0 aliphatic heterocycles. The zero-order chi connectivity index (χ0) is 9.36. The molecular formula is C12H14S. The predicted octanol–water partition coefficient (Wildman–Crippen LogP) is 3.97. The second-order valence-corrected chi connectivity index (χ2v) is 3.74. The first kappa shape index (κ1) is 10.1. The van der Waals surface area contributed by atoms with Crippen molar-refractivity contribution >= 4 is 17.8 Å². The molecule has 1 aromatic carbocycles. The lowest BCUT2D eigenvalue weighted by molar-refractivity contribution is 1.54. The number of hydrogen-bond donors (Lipinski definition) is 0. The lowest BCUT2D eigenvalue weighted by Crippen LogP contribution is -1.66. The van der Waals surface area contributed by atoms with Gasteiger partial charge >= 0.3 is 0 Å². The molecule has 13 heavy (non-hydrogen) atoms. The molecule has 0 atom stereocenters. The normalized spacial score (nSPS) is 11.5. The molecule has 68 valence electrons. The fraction of sp³-hybridized carbons (Fsp3) is 0.167. The van der Waals surface area contributed by atoms with Gasteiger partial charge in [0, 0.05) is 0 Å². The molecule has 1 rings (SSSR count). The summed E-state index contributed by atoms with van der Waals surface area (Å²) in [7, 11) is 0. The molecule has 0 heterocycles. The van der Waals surface area contributed by atoms with Crippen molar-refractivity contribution in [3.63, 3.8) is 0 Å². The molecule has 0 saturated heterocycles. The van der Waals surface area contributed by atoms with Crippen LogP contribution in [0.5, 0.6) is 0 Å². The van der Waals surface area contributed by atoms with E-state index in [1.807, 2.05) is 30.0 Å². The van der Waals surface area contributed by atoms with E-state index in [0.717, 1.165) is 5.75 Å². The summed E-state index contributed by atoms with van der Waals surface area (Å²) < 4.78 is 0. The Kier molecular flexibility index (Phi) is 5.11. The van der Waals surface area contributed by atoms with Crippen molar-refractivity contribution in [2.45, 2.75) is 6.92 Å². The summed E-state index contributed by atoms with van der Waals surface area (Å²) in [6.07, 6.45) is 6.24. The smallest absolute Gasteiger partial charge is 0.00544 e. The second kappa shape index (κ2) is 6.55. The van der Waals surface area contributed by atoms with Gasteiger partial charge in [0.15, 0.2) is 0 Å². The highest BCUT2D eigenvalue weighted by molar-refractivity contribution is 8.02. The van der Waals surface area contributed by atoms with Gasteiger partial charge in [-0.05, 0) is 16.7 Å². The van der Waals surface area contributed by atoms with E-state index in [0.29, 0.717) is 0 Å². The third kappa shape index (κ3) is 4.58. The molecule has 0 bridgehead atoms. The van der Waals surface area contributed by atoms with E-state index in [2.05, 4.69) is 42.7 Å². The number of benzene rings is 1. The van der Waals surface area contributed by atoms with Gasteiger partial charge in [0.2, 0.25) is 0 Å². The van der Waals surface area contributed by atoms with Crippen molar-refractivity contribution in [2.24, 2.45) is 0 Å². The highest BCUT2D eigenvalue weighted by atomic mass is 32.2. The summed E-state index contributed by atoms with van der Waals surface area (Å²) in [5.74, 6) is 1.13. The van der Waals surface area contributed by atoms with E-state index >= 15 is 0 Å². The van der Waals surface area contributed by atoms with Gasteiger partial charge in [-0.15, -0.1) is 11.8 Å². The molecule has 1 aromatic rings. The Hall–Kier alpha value is -0.950. The summed E-state index contributed by atoms with van der Waals surface area (Å²) in [6, 6.07) is 10.3. The topological polar surface area (TPSA) is 0 Å². The fourth-order valence-corrected chi connectivity index (χ4v) is 1.32. The van der Waals surface area contributed by atoms with E-state index in [1.54, 1.807) is 0 Å². The second-order valence-electron chi connectivity index (χ2n) is 2.55. The molecule has 0 radical (unpaired) electrons. The van der Waals surface area contributed by atoms with Crippen molar-refractivity contribution in [3.8, 4) is 0 Å². The van der Waals surface area contributed by atoms with Gasteiger partial charge < -0.3 is 0 Å². The number of hydrogen-bond acceptors (Lipinski definition) is 1. The molecule has 0 aromatic heterocycles. The fourth-order valence-electron chi connectivity index (χ4n) is 0.928. The van der Waals surface area contributed by atoms with Crippen molar-refractivity contribution in [3.05, 3.63) is 53.5 Å². The highest BCUT2D eigenvalue weighted by Crippen LogP contribution is 2.03. The van der Waals surface area contributed by atoms with E-state index < -0.39 is 0 Å². The molecule has 0 N–H and O–H groups in total. The standard InChI is InChI=1S/C12H14S/c1-2-13-11-7-6-10-12-8-4-3-5-9-12/h3-11H,2H2,1H3/b10-6-,11-7-. The quantitative estimate of drug-likeness (QED) is 0.647. The van der Waals surface area contributed by atoms with Crippen LogP contribution in [0.3, 0.4) is 0 Å². The number of thioether (sulfide) groups is 1. The number of rotatable bonds is 4. The van der Waals surface area contributed by atoms with Crippen LogP contribution in [0.2, 0.25) is 0 Å². The Morgan fingerprint density at radius 1 is 1.15 bits per heavy atom. The number of allylic oxidation sites excluding steroid dienone is 2. The molecule has 0 amide bonds. The first-order chi connectivity index (χ1) is 6.43. The van der Waals surface area contributed by atoms with Gasteiger partial charge in [-0.3, -0.25) is 0 Å². The predicted molar refractivity (Wildman–Crippen MR) is 62.7 cm³/mol. The van der Waals surface area contributed by atoms with Gasteiger partial charge in [0.05, 0.1) is 0 Å². The summed E-state index contributed by atoms with van der Waals surface area (Å²) in [6.45, 7) is 2.15. The van der Waals surface area contributed by atoms with Crippen LogP contribution in [0.4, 0.5) is 0 Å². The van der Waals surface area contributed by atoms with Crippen LogP contribution in [0, 0.1) is 0 Å². The zero-order valence-corrected chi connectivity index (χ0v) is 8.63. The maximum absolute atomic E-state index is 2.15. The van der Waals surface area contributed by atoms with Gasteiger partial charge in [-0.2, -0.15) is 0 Å². The molecular weight excluding hydrogens is 176 g/mol. The van der Waals surface area contributed by atoms with Crippen molar-refractivity contribution < 1.29 is 0 Å². The monoisotopic (exact) mass is 190 g/mol. The summed E-state index contributed by atoms with van der Waals surface area (Å²) in [5.41, 5.74) is 1.24. The maximum Gasteiger partial charge on any atom is -0.00544 e. The van der Waals surface area contributed by atoms with Crippen LogP contribution < -0.4 is 0 Å². The maximum atomic E-state index is 2.15. The highest BCUT2D eigenvalue weighted by Gasteiger charge is 1.79. The molecule has 0 saturated carbocycles. The molecule has 0 unspecified atom stereocenters. The largest absolute Gasteiger partial charge is 0.134 e. The average molecular weight is 190 g/mol.